The van der Waals surface area contributed by atoms with Crippen molar-refractivity contribution in [1.82, 2.24) is 0 Å². The fraction of sp³-hybridized carbons (Fsp3) is 0.217. The molecule has 0 unspecified atom stereocenters. The molecular weight excluding hydrogens is 489 g/mol. The second-order valence-corrected chi connectivity index (χ2v) is 12.6. The van der Waals surface area contributed by atoms with Crippen LogP contribution in [0.5, 0.6) is 0 Å². The van der Waals surface area contributed by atoms with Crippen molar-refractivity contribution in [2.75, 3.05) is 10.6 Å². The zero-order valence-corrected chi connectivity index (χ0v) is 21.4. The van der Waals surface area contributed by atoms with Crippen LogP contribution in [0, 0.1) is 6.92 Å². The lowest BCUT2D eigenvalue weighted by atomic mass is 9.82. The first kappa shape index (κ1) is 22.6. The van der Waals surface area contributed by atoms with E-state index in [9.17, 15) is 8.42 Å². The van der Waals surface area contributed by atoms with Crippen molar-refractivity contribution in [3.63, 3.8) is 0 Å². The highest BCUT2D eigenvalue weighted by Gasteiger charge is 2.29. The quantitative estimate of drug-likeness (QED) is 0.273. The van der Waals surface area contributed by atoms with Gasteiger partial charge in [0, 0.05) is 20.0 Å². The van der Waals surface area contributed by atoms with Crippen molar-refractivity contribution in [1.29, 1.82) is 0 Å². The summed E-state index contributed by atoms with van der Waals surface area (Å²) in [5.41, 5.74) is 2.65. The Morgan fingerprint density at radius 2 is 1.74 bits per heavy atom. The van der Waals surface area contributed by atoms with Crippen LogP contribution in [0.2, 0.25) is 10.0 Å². The molecule has 31 heavy (non-hydrogen) atoms. The number of fused-ring (bicyclic) bond motifs is 1. The highest BCUT2D eigenvalue weighted by atomic mass is 35.5. The van der Waals surface area contributed by atoms with Crippen LogP contribution in [0.25, 0.3) is 10.1 Å². The van der Waals surface area contributed by atoms with E-state index >= 15 is 0 Å². The summed E-state index contributed by atoms with van der Waals surface area (Å²) in [6.07, 6.45) is 1.18. The van der Waals surface area contributed by atoms with E-state index in [0.29, 0.717) is 21.4 Å². The van der Waals surface area contributed by atoms with E-state index in [-0.39, 0.29) is 5.41 Å². The van der Waals surface area contributed by atoms with Crippen LogP contribution in [0.4, 0.5) is 11.4 Å². The average Bonchev–Trinajstić information content (AvgIpc) is 3.29. The summed E-state index contributed by atoms with van der Waals surface area (Å²) in [7, 11) is -3.69. The van der Waals surface area contributed by atoms with Gasteiger partial charge in [-0.3, -0.25) is 0 Å². The zero-order chi connectivity index (χ0) is 22.6. The van der Waals surface area contributed by atoms with Gasteiger partial charge in [0.15, 0.2) is 0 Å². The standard InChI is InChI=1S/C23H21Cl2NO2S3/c1-14-7-22(30-13-14)23(2,3)16-9-17(24)11-18(10-16)26(31(4,27)28)20-8-15-5-6-29-21(15)12-19(20)25/h5-13H,1-4H3. The van der Waals surface area contributed by atoms with Gasteiger partial charge < -0.3 is 0 Å². The second kappa shape index (κ2) is 8.09. The monoisotopic (exact) mass is 509 g/mol. The molecule has 0 saturated carbocycles. The number of anilines is 2. The van der Waals surface area contributed by atoms with E-state index in [2.05, 4.69) is 32.2 Å². The van der Waals surface area contributed by atoms with Crippen molar-refractivity contribution in [2.24, 2.45) is 0 Å². The number of thiophene rings is 2. The third-order valence-corrected chi connectivity index (χ3v) is 9.10. The van der Waals surface area contributed by atoms with Gasteiger partial charge in [-0.1, -0.05) is 37.0 Å². The molecule has 0 atom stereocenters. The van der Waals surface area contributed by atoms with Crippen molar-refractivity contribution >= 4 is 77.4 Å². The minimum Gasteiger partial charge on any atom is -0.237 e. The lowest BCUT2D eigenvalue weighted by molar-refractivity contribution is 0.602. The van der Waals surface area contributed by atoms with E-state index in [0.717, 1.165) is 15.6 Å². The summed E-state index contributed by atoms with van der Waals surface area (Å²) >= 11 is 16.3. The minimum absolute atomic E-state index is 0.344. The Morgan fingerprint density at radius 3 is 2.39 bits per heavy atom. The van der Waals surface area contributed by atoms with Crippen molar-refractivity contribution < 1.29 is 8.42 Å². The second-order valence-electron chi connectivity index (χ2n) is 8.10. The smallest absolute Gasteiger partial charge is 0.236 e. The van der Waals surface area contributed by atoms with Gasteiger partial charge in [-0.25, -0.2) is 12.7 Å². The fourth-order valence-electron chi connectivity index (χ4n) is 3.59. The molecule has 2 aromatic carbocycles. The normalized spacial score (nSPS) is 12.5. The number of rotatable bonds is 5. The summed E-state index contributed by atoms with van der Waals surface area (Å²) in [6.45, 7) is 6.29. The predicted octanol–water partition coefficient (Wildman–Crippen LogP) is 8.00. The van der Waals surface area contributed by atoms with Crippen LogP contribution in [0.15, 0.2) is 53.2 Å². The van der Waals surface area contributed by atoms with Crippen LogP contribution in [-0.4, -0.2) is 14.7 Å². The van der Waals surface area contributed by atoms with Gasteiger partial charge in [-0.05, 0) is 76.7 Å². The minimum atomic E-state index is -3.69. The Balaban J connectivity index is 1.92. The molecule has 162 valence electrons. The molecule has 0 aliphatic heterocycles. The van der Waals surface area contributed by atoms with Gasteiger partial charge in [0.2, 0.25) is 10.0 Å². The van der Waals surface area contributed by atoms with Crippen molar-refractivity contribution in [3.8, 4) is 0 Å². The molecular formula is C23H21Cl2NO2S3. The van der Waals surface area contributed by atoms with Crippen LogP contribution in [-0.2, 0) is 15.4 Å². The van der Waals surface area contributed by atoms with Gasteiger partial charge >= 0.3 is 0 Å². The number of halogens is 2. The Hall–Kier alpha value is -1.57. The zero-order valence-electron chi connectivity index (χ0n) is 17.4. The molecule has 2 aromatic heterocycles. The molecule has 4 rings (SSSR count). The lowest BCUT2D eigenvalue weighted by Crippen LogP contribution is -2.26. The molecule has 0 N–H and O–H groups in total. The number of aryl methyl sites for hydroxylation is 1. The Kier molecular flexibility index (Phi) is 5.90. The SMILES string of the molecule is Cc1csc(C(C)(C)c2cc(Cl)cc(N(c3cc4ccsc4cc3Cl)S(C)(=O)=O)c2)c1. The molecule has 0 aliphatic rings. The van der Waals surface area contributed by atoms with E-state index in [4.69, 9.17) is 23.2 Å². The number of sulfonamides is 1. The molecule has 0 amide bonds. The van der Waals surface area contributed by atoms with Crippen LogP contribution < -0.4 is 4.31 Å². The van der Waals surface area contributed by atoms with Crippen molar-refractivity contribution in [2.45, 2.75) is 26.2 Å². The Bertz CT molecular complexity index is 1390. The number of hydrogen-bond donors (Lipinski definition) is 0. The molecule has 0 saturated heterocycles. The van der Waals surface area contributed by atoms with Gasteiger partial charge in [-0.2, -0.15) is 0 Å². The first-order chi connectivity index (χ1) is 14.5. The summed E-state index contributed by atoms with van der Waals surface area (Å²) < 4.78 is 28.1. The maximum Gasteiger partial charge on any atom is 0.236 e. The third kappa shape index (κ3) is 4.37. The molecule has 4 aromatic rings. The molecule has 2 heterocycles. The number of hydrogen-bond acceptors (Lipinski definition) is 4. The topological polar surface area (TPSA) is 37.4 Å². The Labute approximate surface area is 200 Å². The molecule has 0 bridgehead atoms. The summed E-state index contributed by atoms with van der Waals surface area (Å²) in [5, 5.41) is 5.85. The third-order valence-electron chi connectivity index (χ3n) is 5.26. The number of nitrogens with zero attached hydrogens (tertiary/aromatic N) is 1. The van der Waals surface area contributed by atoms with Crippen LogP contribution in [0.1, 0.15) is 29.9 Å². The van der Waals surface area contributed by atoms with E-state index in [1.807, 2.05) is 29.6 Å². The first-order valence-electron chi connectivity index (χ1n) is 9.50. The first-order valence-corrected chi connectivity index (χ1v) is 13.9. The maximum absolute atomic E-state index is 12.9. The molecule has 8 heteroatoms. The molecule has 0 spiro atoms. The predicted molar refractivity (Wildman–Crippen MR) is 136 cm³/mol. The summed E-state index contributed by atoms with van der Waals surface area (Å²) in [6, 6.07) is 13.2. The van der Waals surface area contributed by atoms with Gasteiger partial charge in [0.25, 0.3) is 0 Å². The average molecular weight is 511 g/mol. The highest BCUT2D eigenvalue weighted by molar-refractivity contribution is 7.92. The molecule has 0 radical (unpaired) electrons. The van der Waals surface area contributed by atoms with Gasteiger partial charge in [0.1, 0.15) is 0 Å². The molecule has 0 fully saturated rings. The summed E-state index contributed by atoms with van der Waals surface area (Å²) in [5.74, 6) is 0. The fourth-order valence-corrected chi connectivity index (χ4v) is 7.04. The highest BCUT2D eigenvalue weighted by Crippen LogP contribution is 2.42. The molecule has 3 nitrogen and oxygen atoms in total. The molecule has 0 aliphatic carbocycles. The van der Waals surface area contributed by atoms with Crippen LogP contribution >= 0.6 is 45.9 Å². The summed E-state index contributed by atoms with van der Waals surface area (Å²) in [4.78, 5) is 1.18. The lowest BCUT2D eigenvalue weighted by Gasteiger charge is -2.28. The van der Waals surface area contributed by atoms with Gasteiger partial charge in [0.05, 0.1) is 22.7 Å². The largest absolute Gasteiger partial charge is 0.237 e. The maximum atomic E-state index is 12.9. The van der Waals surface area contributed by atoms with E-state index < -0.39 is 10.0 Å². The van der Waals surface area contributed by atoms with Gasteiger partial charge in [-0.15, -0.1) is 22.7 Å². The van der Waals surface area contributed by atoms with E-state index in [1.165, 1.54) is 21.0 Å². The number of benzene rings is 2. The Morgan fingerprint density at radius 1 is 1.00 bits per heavy atom. The van der Waals surface area contributed by atoms with Crippen LogP contribution in [0.3, 0.4) is 0 Å². The van der Waals surface area contributed by atoms with E-state index in [1.54, 1.807) is 34.8 Å². The van der Waals surface area contributed by atoms with Crippen molar-refractivity contribution in [3.05, 3.63) is 79.3 Å².